The lowest BCUT2D eigenvalue weighted by Gasteiger charge is -2.21. The number of hydrogen-bond donors (Lipinski definition) is 0. The van der Waals surface area contributed by atoms with Gasteiger partial charge in [-0.2, -0.15) is 0 Å². The van der Waals surface area contributed by atoms with Gasteiger partial charge in [-0.1, -0.05) is 0 Å². The van der Waals surface area contributed by atoms with Crippen LogP contribution in [0.5, 0.6) is 0 Å². The zero-order valence-electron chi connectivity index (χ0n) is 14.2. The Kier molecular flexibility index (Phi) is 7.15. The van der Waals surface area contributed by atoms with E-state index in [4.69, 9.17) is 14.2 Å². The van der Waals surface area contributed by atoms with Crippen molar-refractivity contribution in [2.75, 3.05) is 20.2 Å². The average molecular weight is 319 g/mol. The molecule has 8 nitrogen and oxygen atoms in total. The summed E-state index contributed by atoms with van der Waals surface area (Å²) in [5.41, 5.74) is -1.41. The molecule has 1 amide bonds. The van der Waals surface area contributed by atoms with E-state index in [2.05, 4.69) is 4.74 Å². The van der Waals surface area contributed by atoms with Crippen LogP contribution in [0.3, 0.4) is 0 Å². The zero-order valence-corrected chi connectivity index (χ0v) is 14.2. The molecule has 0 heterocycles. The van der Waals surface area contributed by atoms with Crippen molar-refractivity contribution < 1.29 is 33.3 Å². The molecule has 0 saturated carbocycles. The minimum absolute atomic E-state index is 0.0425. The normalized spacial score (nSPS) is 11.4. The smallest absolute Gasteiger partial charge is 0.432 e. The zero-order chi connectivity index (χ0) is 17.6. The molecule has 0 unspecified atom stereocenters. The molecular formula is C14H25NO7. The van der Waals surface area contributed by atoms with Crippen LogP contribution in [0.1, 0.15) is 41.5 Å². The van der Waals surface area contributed by atoms with Crippen LogP contribution in [0.15, 0.2) is 0 Å². The van der Waals surface area contributed by atoms with Crippen LogP contribution < -0.4 is 0 Å². The van der Waals surface area contributed by atoms with Gasteiger partial charge in [-0.15, -0.1) is 0 Å². The molecule has 0 saturated heterocycles. The number of carbonyl (C=O) groups is 3. The number of nitrogens with zero attached hydrogens (tertiary/aromatic N) is 1. The van der Waals surface area contributed by atoms with E-state index in [1.807, 2.05) is 0 Å². The Morgan fingerprint density at radius 2 is 1.32 bits per heavy atom. The standard InChI is InChI=1S/C14H25NO7/c1-13(2,3)21-11(17)19-9-8-15(7)10(16)20-12(18)22-14(4,5)6/h8-9H2,1-7H3. The molecule has 8 heteroatoms. The monoisotopic (exact) mass is 319 g/mol. The minimum Gasteiger partial charge on any atom is -0.432 e. The Bertz CT molecular complexity index is 406. The fourth-order valence-electron chi connectivity index (χ4n) is 1.06. The SMILES string of the molecule is CN(CCOC(=O)OC(C)(C)C)C(=O)OC(=O)OC(C)(C)C. The molecule has 0 N–H and O–H groups in total. The summed E-state index contributed by atoms with van der Waals surface area (Å²) >= 11 is 0. The summed E-state index contributed by atoms with van der Waals surface area (Å²) in [6, 6.07) is 0. The maximum Gasteiger partial charge on any atom is 0.517 e. The number of hydrogen-bond acceptors (Lipinski definition) is 7. The number of amides is 1. The van der Waals surface area contributed by atoms with Gasteiger partial charge in [0.1, 0.15) is 17.8 Å². The molecule has 0 aliphatic carbocycles. The van der Waals surface area contributed by atoms with Gasteiger partial charge < -0.3 is 23.8 Å². The second kappa shape index (κ2) is 7.86. The van der Waals surface area contributed by atoms with Crippen molar-refractivity contribution in [1.82, 2.24) is 4.90 Å². The molecule has 0 aromatic heterocycles. The van der Waals surface area contributed by atoms with Gasteiger partial charge in [0.05, 0.1) is 6.54 Å². The highest BCUT2D eigenvalue weighted by Crippen LogP contribution is 2.09. The molecule has 128 valence electrons. The van der Waals surface area contributed by atoms with E-state index in [1.165, 1.54) is 7.05 Å². The molecule has 0 spiro atoms. The van der Waals surface area contributed by atoms with Crippen LogP contribution in [0.4, 0.5) is 14.4 Å². The molecule has 0 atom stereocenters. The lowest BCUT2D eigenvalue weighted by molar-refractivity contribution is -0.0127. The fraction of sp³-hybridized carbons (Fsp3) is 0.786. The second-order valence-electron chi connectivity index (χ2n) is 6.57. The Hall–Kier alpha value is -1.99. The molecular weight excluding hydrogens is 294 g/mol. The molecule has 0 aromatic carbocycles. The highest BCUT2D eigenvalue weighted by molar-refractivity contribution is 5.80. The van der Waals surface area contributed by atoms with Gasteiger partial charge in [0.15, 0.2) is 0 Å². The van der Waals surface area contributed by atoms with Gasteiger partial charge in [0, 0.05) is 7.05 Å². The summed E-state index contributed by atoms with van der Waals surface area (Å²) in [4.78, 5) is 35.3. The van der Waals surface area contributed by atoms with E-state index in [9.17, 15) is 14.4 Å². The van der Waals surface area contributed by atoms with E-state index in [0.29, 0.717) is 0 Å². The first-order chi connectivity index (χ1) is 9.80. The maximum absolute atomic E-state index is 11.6. The number of likely N-dealkylation sites (N-methyl/N-ethyl adjacent to an activating group) is 1. The van der Waals surface area contributed by atoms with Crippen molar-refractivity contribution in [1.29, 1.82) is 0 Å². The Morgan fingerprint density at radius 3 is 1.77 bits per heavy atom. The van der Waals surface area contributed by atoms with E-state index >= 15 is 0 Å². The van der Waals surface area contributed by atoms with E-state index in [1.54, 1.807) is 41.5 Å². The van der Waals surface area contributed by atoms with Crippen molar-refractivity contribution in [2.24, 2.45) is 0 Å². The number of carbonyl (C=O) groups excluding carboxylic acids is 3. The lowest BCUT2D eigenvalue weighted by atomic mass is 10.2. The number of rotatable bonds is 3. The third-order valence-corrected chi connectivity index (χ3v) is 1.91. The topological polar surface area (TPSA) is 91.4 Å². The van der Waals surface area contributed by atoms with Gasteiger partial charge >= 0.3 is 18.4 Å². The summed E-state index contributed by atoms with van der Waals surface area (Å²) in [5, 5.41) is 0. The van der Waals surface area contributed by atoms with Crippen LogP contribution in [0, 0.1) is 0 Å². The summed E-state index contributed by atoms with van der Waals surface area (Å²) in [5.74, 6) is 0. The molecule has 0 aromatic rings. The summed E-state index contributed by atoms with van der Waals surface area (Å²) < 4.78 is 19.0. The molecule has 0 rings (SSSR count). The lowest BCUT2D eigenvalue weighted by Crippen LogP contribution is -2.35. The van der Waals surface area contributed by atoms with Gasteiger partial charge in [0.2, 0.25) is 0 Å². The van der Waals surface area contributed by atoms with Crippen molar-refractivity contribution in [3.63, 3.8) is 0 Å². The largest absolute Gasteiger partial charge is 0.517 e. The van der Waals surface area contributed by atoms with Gasteiger partial charge in [-0.25, -0.2) is 14.4 Å². The second-order valence-corrected chi connectivity index (χ2v) is 6.57. The highest BCUT2D eigenvalue weighted by atomic mass is 16.8. The molecule has 0 aliphatic rings. The quantitative estimate of drug-likeness (QED) is 0.583. The molecule has 22 heavy (non-hydrogen) atoms. The Labute approximate surface area is 130 Å². The van der Waals surface area contributed by atoms with Crippen LogP contribution in [0.2, 0.25) is 0 Å². The van der Waals surface area contributed by atoms with Crippen LogP contribution in [-0.4, -0.2) is 54.7 Å². The predicted molar refractivity (Wildman–Crippen MR) is 77.5 cm³/mol. The third kappa shape index (κ3) is 10.8. The molecule has 0 aliphatic heterocycles. The molecule has 0 fully saturated rings. The summed E-state index contributed by atoms with van der Waals surface area (Å²) in [6.45, 7) is 10.0. The Morgan fingerprint density at radius 1 is 0.864 bits per heavy atom. The first kappa shape index (κ1) is 20.0. The van der Waals surface area contributed by atoms with E-state index in [0.717, 1.165) is 4.90 Å². The van der Waals surface area contributed by atoms with Crippen LogP contribution >= 0.6 is 0 Å². The van der Waals surface area contributed by atoms with Gasteiger partial charge in [-0.05, 0) is 41.5 Å². The van der Waals surface area contributed by atoms with Crippen molar-refractivity contribution >= 4 is 18.4 Å². The van der Waals surface area contributed by atoms with E-state index < -0.39 is 29.6 Å². The van der Waals surface area contributed by atoms with Crippen molar-refractivity contribution in [3.8, 4) is 0 Å². The first-order valence-corrected chi connectivity index (χ1v) is 6.82. The Balaban J connectivity index is 4.07. The average Bonchev–Trinajstić information content (AvgIpc) is 2.22. The van der Waals surface area contributed by atoms with Crippen LogP contribution in [0.25, 0.3) is 0 Å². The first-order valence-electron chi connectivity index (χ1n) is 6.82. The maximum atomic E-state index is 11.6. The molecule has 0 bridgehead atoms. The number of ether oxygens (including phenoxy) is 4. The van der Waals surface area contributed by atoms with Crippen molar-refractivity contribution in [3.05, 3.63) is 0 Å². The predicted octanol–water partition coefficient (Wildman–Crippen LogP) is 2.94. The highest BCUT2D eigenvalue weighted by Gasteiger charge is 2.22. The molecule has 0 radical (unpaired) electrons. The minimum atomic E-state index is -1.09. The summed E-state index contributed by atoms with van der Waals surface area (Å²) in [6.07, 6.45) is -2.82. The van der Waals surface area contributed by atoms with Crippen molar-refractivity contribution in [2.45, 2.75) is 52.7 Å². The van der Waals surface area contributed by atoms with Gasteiger partial charge in [-0.3, -0.25) is 0 Å². The van der Waals surface area contributed by atoms with Gasteiger partial charge in [0.25, 0.3) is 0 Å². The van der Waals surface area contributed by atoms with Crippen LogP contribution in [-0.2, 0) is 18.9 Å². The van der Waals surface area contributed by atoms with E-state index in [-0.39, 0.29) is 13.2 Å². The fourth-order valence-corrected chi connectivity index (χ4v) is 1.06. The third-order valence-electron chi connectivity index (χ3n) is 1.91. The summed E-state index contributed by atoms with van der Waals surface area (Å²) in [7, 11) is 1.39.